The third-order valence-electron chi connectivity index (χ3n) is 5.64. The van der Waals surface area contributed by atoms with Gasteiger partial charge in [-0.05, 0) is 74.6 Å². The van der Waals surface area contributed by atoms with Gasteiger partial charge in [-0.3, -0.25) is 0 Å². The van der Waals surface area contributed by atoms with E-state index in [1.807, 2.05) is 38.1 Å². The quantitative estimate of drug-likeness (QED) is 0.237. The van der Waals surface area contributed by atoms with Crippen LogP contribution in [0, 0.1) is 0 Å². The fraction of sp³-hybridized carbons (Fsp3) is 0.357. The molecule has 1 amide bonds. The highest BCUT2D eigenvalue weighted by molar-refractivity contribution is 5.67. The summed E-state index contributed by atoms with van der Waals surface area (Å²) in [5.41, 5.74) is 1.67. The monoisotopic (exact) mass is 516 g/mol. The van der Waals surface area contributed by atoms with E-state index >= 15 is 0 Å². The number of ether oxygens (including phenoxy) is 2. The SMILES string of the molecule is CCN(CC)C(=O)OCCCCc1ccc(OCc2coc(/C=C/c3ccc(C(F)(F)F)cc3)n2)cc1. The summed E-state index contributed by atoms with van der Waals surface area (Å²) < 4.78 is 54.4. The molecular formula is C28H31F3N2O4. The maximum absolute atomic E-state index is 12.7. The predicted octanol–water partition coefficient (Wildman–Crippen LogP) is 7.24. The van der Waals surface area contributed by atoms with Crippen molar-refractivity contribution < 1.29 is 31.9 Å². The van der Waals surface area contributed by atoms with Gasteiger partial charge >= 0.3 is 12.3 Å². The third kappa shape index (κ3) is 9.00. The minimum atomic E-state index is -4.36. The summed E-state index contributed by atoms with van der Waals surface area (Å²) >= 11 is 0. The van der Waals surface area contributed by atoms with Crippen molar-refractivity contribution in [2.75, 3.05) is 19.7 Å². The fourth-order valence-corrected chi connectivity index (χ4v) is 3.49. The number of alkyl halides is 3. The number of benzene rings is 2. The van der Waals surface area contributed by atoms with E-state index in [-0.39, 0.29) is 12.7 Å². The number of amides is 1. The molecule has 2 aromatic carbocycles. The Bertz CT molecular complexity index is 1140. The van der Waals surface area contributed by atoms with Gasteiger partial charge in [0.2, 0.25) is 5.89 Å². The van der Waals surface area contributed by atoms with Crippen molar-refractivity contribution in [2.45, 2.75) is 45.9 Å². The standard InChI is InChI=1S/C28H31F3N2O4/c1-3-33(4-2)27(34)35-18-6-5-7-21-10-15-25(16-11-21)36-19-24-20-37-26(32-24)17-12-22-8-13-23(14-9-22)28(29,30)31/h8-17,20H,3-7,18-19H2,1-2H3/b17-12+. The summed E-state index contributed by atoms with van der Waals surface area (Å²) in [5, 5.41) is 0. The van der Waals surface area contributed by atoms with Gasteiger partial charge in [0, 0.05) is 19.2 Å². The molecule has 9 heteroatoms. The van der Waals surface area contributed by atoms with E-state index in [9.17, 15) is 18.0 Å². The number of oxazole rings is 1. The molecule has 1 heterocycles. The number of nitrogens with zero attached hydrogens (tertiary/aromatic N) is 2. The van der Waals surface area contributed by atoms with Gasteiger partial charge < -0.3 is 18.8 Å². The van der Waals surface area contributed by atoms with Gasteiger partial charge in [0.1, 0.15) is 24.3 Å². The summed E-state index contributed by atoms with van der Waals surface area (Å²) in [6.07, 6.45) is 2.66. The van der Waals surface area contributed by atoms with Crippen LogP contribution in [0.4, 0.5) is 18.0 Å². The number of carbonyl (C=O) groups excluding carboxylic acids is 1. The molecule has 198 valence electrons. The first-order valence-corrected chi connectivity index (χ1v) is 12.2. The zero-order chi connectivity index (χ0) is 26.7. The molecule has 1 aromatic heterocycles. The highest BCUT2D eigenvalue weighted by atomic mass is 19.4. The van der Waals surface area contributed by atoms with Gasteiger partial charge in [-0.15, -0.1) is 0 Å². The zero-order valence-electron chi connectivity index (χ0n) is 21.0. The Morgan fingerprint density at radius 2 is 1.70 bits per heavy atom. The molecule has 0 aliphatic heterocycles. The van der Waals surface area contributed by atoms with Crippen molar-refractivity contribution in [1.29, 1.82) is 0 Å². The predicted molar refractivity (Wildman–Crippen MR) is 135 cm³/mol. The van der Waals surface area contributed by atoms with Crippen LogP contribution in [0.25, 0.3) is 12.2 Å². The molecule has 0 N–H and O–H groups in total. The Morgan fingerprint density at radius 1 is 1.00 bits per heavy atom. The fourth-order valence-electron chi connectivity index (χ4n) is 3.49. The molecular weight excluding hydrogens is 485 g/mol. The normalized spacial score (nSPS) is 11.6. The van der Waals surface area contributed by atoms with Crippen LogP contribution in [0.2, 0.25) is 0 Å². The van der Waals surface area contributed by atoms with Crippen LogP contribution in [0.5, 0.6) is 5.75 Å². The highest BCUT2D eigenvalue weighted by Crippen LogP contribution is 2.29. The summed E-state index contributed by atoms with van der Waals surface area (Å²) in [4.78, 5) is 17.8. The molecule has 0 aliphatic carbocycles. The second-order valence-electron chi connectivity index (χ2n) is 8.31. The lowest BCUT2D eigenvalue weighted by Gasteiger charge is -2.17. The van der Waals surface area contributed by atoms with Gasteiger partial charge in [0.25, 0.3) is 0 Å². The average molecular weight is 517 g/mol. The molecule has 0 aliphatic rings. The van der Waals surface area contributed by atoms with Crippen LogP contribution in [0.1, 0.15) is 55.0 Å². The van der Waals surface area contributed by atoms with Gasteiger partial charge in [0.15, 0.2) is 0 Å². The summed E-state index contributed by atoms with van der Waals surface area (Å²) in [6, 6.07) is 12.6. The highest BCUT2D eigenvalue weighted by Gasteiger charge is 2.29. The lowest BCUT2D eigenvalue weighted by molar-refractivity contribution is -0.137. The molecule has 0 spiro atoms. The van der Waals surface area contributed by atoms with Crippen LogP contribution < -0.4 is 4.74 Å². The van der Waals surface area contributed by atoms with Crippen molar-refractivity contribution >= 4 is 18.2 Å². The van der Waals surface area contributed by atoms with Crippen LogP contribution in [0.3, 0.4) is 0 Å². The van der Waals surface area contributed by atoms with Crippen molar-refractivity contribution in [3.8, 4) is 5.75 Å². The molecule has 0 atom stereocenters. The van der Waals surface area contributed by atoms with Crippen LogP contribution >= 0.6 is 0 Å². The number of hydrogen-bond donors (Lipinski definition) is 0. The minimum Gasteiger partial charge on any atom is -0.487 e. The molecule has 6 nitrogen and oxygen atoms in total. The van der Waals surface area contributed by atoms with E-state index in [1.54, 1.807) is 17.1 Å². The average Bonchev–Trinajstić information content (AvgIpc) is 3.35. The Balaban J connectivity index is 1.38. The maximum Gasteiger partial charge on any atom is 0.416 e. The molecule has 3 aromatic rings. The molecule has 0 bridgehead atoms. The maximum atomic E-state index is 12.7. The number of aromatic nitrogens is 1. The molecule has 37 heavy (non-hydrogen) atoms. The molecule has 0 radical (unpaired) electrons. The second kappa shape index (κ2) is 13.5. The van der Waals surface area contributed by atoms with Crippen LogP contribution in [-0.4, -0.2) is 35.7 Å². The molecule has 0 saturated carbocycles. The summed E-state index contributed by atoms with van der Waals surface area (Å²) in [5.74, 6) is 1.03. The van der Waals surface area contributed by atoms with Crippen LogP contribution in [0.15, 0.2) is 59.2 Å². The number of halogens is 3. The van der Waals surface area contributed by atoms with Crippen molar-refractivity contribution in [1.82, 2.24) is 9.88 Å². The van der Waals surface area contributed by atoms with Crippen molar-refractivity contribution in [3.05, 3.63) is 83.1 Å². The Labute approximate surface area is 214 Å². The Hall–Kier alpha value is -3.75. The van der Waals surface area contributed by atoms with E-state index < -0.39 is 11.7 Å². The first kappa shape index (κ1) is 27.8. The lowest BCUT2D eigenvalue weighted by Crippen LogP contribution is -2.31. The Kier molecular flexibility index (Phi) is 10.2. The van der Waals surface area contributed by atoms with Crippen LogP contribution in [-0.2, 0) is 23.9 Å². The largest absolute Gasteiger partial charge is 0.487 e. The van der Waals surface area contributed by atoms with E-state index in [4.69, 9.17) is 13.9 Å². The molecule has 0 saturated heterocycles. The smallest absolute Gasteiger partial charge is 0.416 e. The summed E-state index contributed by atoms with van der Waals surface area (Å²) in [7, 11) is 0. The number of aryl methyl sites for hydroxylation is 1. The second-order valence-corrected chi connectivity index (χ2v) is 8.31. The topological polar surface area (TPSA) is 64.8 Å². The zero-order valence-corrected chi connectivity index (χ0v) is 21.0. The Morgan fingerprint density at radius 3 is 2.35 bits per heavy atom. The van der Waals surface area contributed by atoms with E-state index in [0.717, 1.165) is 31.4 Å². The van der Waals surface area contributed by atoms with Crippen molar-refractivity contribution in [2.24, 2.45) is 0 Å². The number of carbonyl (C=O) groups is 1. The molecule has 0 fully saturated rings. The van der Waals surface area contributed by atoms with E-state index in [2.05, 4.69) is 4.98 Å². The van der Waals surface area contributed by atoms with Gasteiger partial charge in [-0.2, -0.15) is 13.2 Å². The van der Waals surface area contributed by atoms with Gasteiger partial charge in [-0.1, -0.05) is 24.3 Å². The first-order chi connectivity index (χ1) is 17.8. The number of unbranched alkanes of at least 4 members (excludes halogenated alkanes) is 1. The van der Waals surface area contributed by atoms with Gasteiger partial charge in [-0.25, -0.2) is 9.78 Å². The lowest BCUT2D eigenvalue weighted by atomic mass is 10.1. The summed E-state index contributed by atoms with van der Waals surface area (Å²) in [6.45, 7) is 5.77. The third-order valence-corrected chi connectivity index (χ3v) is 5.64. The number of rotatable bonds is 12. The van der Waals surface area contributed by atoms with E-state index in [0.29, 0.717) is 42.6 Å². The van der Waals surface area contributed by atoms with Gasteiger partial charge in [0.05, 0.1) is 12.2 Å². The molecule has 0 unspecified atom stereocenters. The van der Waals surface area contributed by atoms with Crippen molar-refractivity contribution in [3.63, 3.8) is 0 Å². The number of hydrogen-bond acceptors (Lipinski definition) is 5. The minimum absolute atomic E-state index is 0.217. The van der Waals surface area contributed by atoms with E-state index in [1.165, 1.54) is 24.0 Å². The molecule has 3 rings (SSSR count). The first-order valence-electron chi connectivity index (χ1n) is 12.2.